The Hall–Kier alpha value is -1.55. The van der Waals surface area contributed by atoms with Crippen LogP contribution in [0.5, 0.6) is 17.2 Å². The van der Waals surface area contributed by atoms with Crippen molar-refractivity contribution in [1.29, 1.82) is 0 Å². The Balaban J connectivity index is 0.000000491. The third-order valence-electron chi connectivity index (χ3n) is 2.29. The van der Waals surface area contributed by atoms with Gasteiger partial charge in [0.05, 0.1) is 0 Å². The van der Waals surface area contributed by atoms with E-state index in [1.165, 1.54) is 6.07 Å². The van der Waals surface area contributed by atoms with Crippen molar-refractivity contribution in [3.05, 3.63) is 53.6 Å². The number of benzene rings is 2. The minimum absolute atomic E-state index is 0.0235. The lowest BCUT2D eigenvalue weighted by molar-refractivity contribution is 0.450. The Bertz CT molecular complexity index is 573. The first-order valence-electron chi connectivity index (χ1n) is 5.79. The molecular weight excluding hydrogens is 335 g/mol. The van der Waals surface area contributed by atoms with Crippen molar-refractivity contribution in [2.24, 2.45) is 0 Å². The van der Waals surface area contributed by atoms with E-state index in [1.807, 2.05) is 6.08 Å². The van der Waals surface area contributed by atoms with E-state index in [1.54, 1.807) is 42.5 Å². The molecule has 2 aromatic rings. The van der Waals surface area contributed by atoms with Crippen molar-refractivity contribution in [1.82, 2.24) is 0 Å². The molecule has 3 N–H and O–H groups in total. The summed E-state index contributed by atoms with van der Waals surface area (Å²) in [6.45, 7) is 0. The van der Waals surface area contributed by atoms with Gasteiger partial charge < -0.3 is 15.3 Å². The minimum Gasteiger partial charge on any atom is -0.508 e. The Morgan fingerprint density at radius 1 is 0.667 bits per heavy atom. The molecule has 0 bridgehead atoms. The van der Waals surface area contributed by atoms with E-state index in [4.69, 9.17) is 39.9 Å². The van der Waals surface area contributed by atoms with Crippen LogP contribution in [0, 0.1) is 0 Å². The molecule has 2 rings (SSSR count). The van der Waals surface area contributed by atoms with Crippen molar-refractivity contribution in [2.45, 2.75) is 4.30 Å². The van der Waals surface area contributed by atoms with Gasteiger partial charge in [-0.25, -0.2) is 0 Å². The summed E-state index contributed by atoms with van der Waals surface area (Å²) in [4.78, 5) is 0. The topological polar surface area (TPSA) is 60.7 Å². The average molecular weight is 348 g/mol. The highest BCUT2D eigenvalue weighted by atomic mass is 35.6. The Kier molecular flexibility index (Phi) is 7.23. The van der Waals surface area contributed by atoms with E-state index in [2.05, 4.69) is 0 Å². The van der Waals surface area contributed by atoms with Gasteiger partial charge in [0.15, 0.2) is 4.30 Å². The second-order valence-corrected chi connectivity index (χ2v) is 5.93. The molecule has 0 saturated heterocycles. The number of phenols is 3. The lowest BCUT2D eigenvalue weighted by Crippen LogP contribution is -1.74. The number of rotatable bonds is 2. The van der Waals surface area contributed by atoms with Crippen LogP contribution in [0.15, 0.2) is 42.5 Å². The van der Waals surface area contributed by atoms with Gasteiger partial charge in [0.1, 0.15) is 17.2 Å². The molecule has 6 heteroatoms. The first-order chi connectivity index (χ1) is 9.86. The molecule has 112 valence electrons. The fourth-order valence-electron chi connectivity index (χ4n) is 1.49. The summed E-state index contributed by atoms with van der Waals surface area (Å²) in [5, 5.41) is 27.7. The normalized spacial score (nSPS) is 10.5. The molecule has 0 spiro atoms. The van der Waals surface area contributed by atoms with Crippen LogP contribution in [0.2, 0.25) is 0 Å². The SMILES string of the molecule is ClC(Cl)Cl.Oc1ccc(C=Cc2cc(O)cc(O)c2)cc1. The van der Waals surface area contributed by atoms with Gasteiger partial charge in [0.25, 0.3) is 0 Å². The molecule has 0 aliphatic heterocycles. The van der Waals surface area contributed by atoms with Crippen molar-refractivity contribution < 1.29 is 15.3 Å². The van der Waals surface area contributed by atoms with E-state index < -0.39 is 4.30 Å². The lowest BCUT2D eigenvalue weighted by Gasteiger charge is -1.98. The fourth-order valence-corrected chi connectivity index (χ4v) is 1.49. The fraction of sp³-hybridized carbons (Fsp3) is 0.0667. The van der Waals surface area contributed by atoms with Gasteiger partial charge in [0, 0.05) is 6.07 Å². The van der Waals surface area contributed by atoms with Crippen LogP contribution in [-0.4, -0.2) is 19.6 Å². The number of aromatic hydroxyl groups is 3. The van der Waals surface area contributed by atoms with Gasteiger partial charge in [-0.2, -0.15) is 0 Å². The summed E-state index contributed by atoms with van der Waals surface area (Å²) in [6, 6.07) is 11.1. The van der Waals surface area contributed by atoms with Gasteiger partial charge in [-0.05, 0) is 35.4 Å². The molecule has 0 radical (unpaired) electrons. The minimum atomic E-state index is -0.750. The van der Waals surface area contributed by atoms with Crippen LogP contribution in [0.3, 0.4) is 0 Å². The van der Waals surface area contributed by atoms with E-state index in [9.17, 15) is 10.2 Å². The molecular formula is C15H13Cl3O3. The molecule has 0 aliphatic carbocycles. The second-order valence-electron chi connectivity index (χ2n) is 3.96. The van der Waals surface area contributed by atoms with Crippen molar-refractivity contribution in [3.8, 4) is 17.2 Å². The second kappa shape index (κ2) is 8.67. The molecule has 21 heavy (non-hydrogen) atoms. The average Bonchev–Trinajstić information content (AvgIpc) is 2.36. The highest BCUT2D eigenvalue weighted by molar-refractivity contribution is 6.63. The highest BCUT2D eigenvalue weighted by Crippen LogP contribution is 2.22. The summed E-state index contributed by atoms with van der Waals surface area (Å²) in [5.41, 5.74) is 1.63. The van der Waals surface area contributed by atoms with Crippen LogP contribution < -0.4 is 0 Å². The van der Waals surface area contributed by atoms with E-state index >= 15 is 0 Å². The summed E-state index contributed by atoms with van der Waals surface area (Å²) >= 11 is 14.4. The largest absolute Gasteiger partial charge is 0.508 e. The third-order valence-corrected chi connectivity index (χ3v) is 2.29. The molecule has 3 nitrogen and oxygen atoms in total. The standard InChI is InChI=1S/C14H12O3.CHCl3/c15-12-5-3-10(4-6-12)1-2-11-7-13(16)9-14(17)8-11;2-1(3)4/h1-9,15-17H;1H. The van der Waals surface area contributed by atoms with Crippen LogP contribution >= 0.6 is 34.8 Å². The summed E-state index contributed by atoms with van der Waals surface area (Å²) < 4.78 is -0.750. The third kappa shape index (κ3) is 7.71. The molecule has 0 aromatic heterocycles. The Morgan fingerprint density at radius 2 is 1.10 bits per heavy atom. The lowest BCUT2D eigenvalue weighted by atomic mass is 10.1. The van der Waals surface area contributed by atoms with E-state index in [0.29, 0.717) is 5.56 Å². The van der Waals surface area contributed by atoms with Crippen molar-refractivity contribution in [3.63, 3.8) is 0 Å². The first-order valence-corrected chi connectivity index (χ1v) is 7.10. The van der Waals surface area contributed by atoms with E-state index in [0.717, 1.165) is 5.56 Å². The predicted molar refractivity (Wildman–Crippen MR) is 88.2 cm³/mol. The molecule has 0 heterocycles. The number of hydrogen-bond acceptors (Lipinski definition) is 3. The Labute approximate surface area is 137 Å². The zero-order valence-electron chi connectivity index (χ0n) is 10.7. The first kappa shape index (κ1) is 17.5. The number of halogens is 3. The maximum absolute atomic E-state index is 9.30. The summed E-state index contributed by atoms with van der Waals surface area (Å²) in [5.74, 6) is 0.267. The number of alkyl halides is 3. The zero-order valence-corrected chi connectivity index (χ0v) is 13.0. The molecule has 0 saturated carbocycles. The molecule has 0 fully saturated rings. The molecule has 2 aromatic carbocycles. The monoisotopic (exact) mass is 346 g/mol. The smallest absolute Gasteiger partial charge is 0.180 e. The maximum Gasteiger partial charge on any atom is 0.180 e. The van der Waals surface area contributed by atoms with E-state index in [-0.39, 0.29) is 17.2 Å². The molecule has 0 aliphatic rings. The van der Waals surface area contributed by atoms with Crippen LogP contribution in [0.4, 0.5) is 0 Å². The quantitative estimate of drug-likeness (QED) is 0.531. The predicted octanol–water partition coefficient (Wildman–Crippen LogP) is 4.96. The van der Waals surface area contributed by atoms with Crippen LogP contribution in [-0.2, 0) is 0 Å². The summed E-state index contributed by atoms with van der Waals surface area (Å²) in [6.07, 6.45) is 3.60. The van der Waals surface area contributed by atoms with Gasteiger partial charge in [-0.15, -0.1) is 0 Å². The van der Waals surface area contributed by atoms with Gasteiger partial charge in [0.2, 0.25) is 0 Å². The van der Waals surface area contributed by atoms with Gasteiger partial charge >= 0.3 is 0 Å². The molecule has 0 amide bonds. The van der Waals surface area contributed by atoms with Crippen molar-refractivity contribution in [2.75, 3.05) is 0 Å². The number of phenolic OH excluding ortho intramolecular Hbond substituents is 3. The van der Waals surface area contributed by atoms with Crippen LogP contribution in [0.1, 0.15) is 11.1 Å². The zero-order chi connectivity index (χ0) is 15.8. The summed E-state index contributed by atoms with van der Waals surface area (Å²) in [7, 11) is 0. The molecule has 0 unspecified atom stereocenters. The van der Waals surface area contributed by atoms with Gasteiger partial charge in [-0.3, -0.25) is 0 Å². The van der Waals surface area contributed by atoms with Gasteiger partial charge in [-0.1, -0.05) is 59.1 Å². The van der Waals surface area contributed by atoms with Crippen LogP contribution in [0.25, 0.3) is 12.2 Å². The maximum atomic E-state index is 9.30. The Morgan fingerprint density at radius 3 is 1.57 bits per heavy atom. The number of hydrogen-bond donors (Lipinski definition) is 3. The van der Waals surface area contributed by atoms with Crippen molar-refractivity contribution >= 4 is 47.0 Å². The highest BCUT2D eigenvalue weighted by Gasteiger charge is 1.95. The molecule has 0 atom stereocenters.